The minimum atomic E-state index is -0.427. The molecule has 0 fully saturated rings. The van der Waals surface area contributed by atoms with Crippen molar-refractivity contribution >= 4 is 50.6 Å². The predicted octanol–water partition coefficient (Wildman–Crippen LogP) is 4.48. The van der Waals surface area contributed by atoms with Crippen LogP contribution in [0.4, 0.5) is 5.00 Å². The van der Waals surface area contributed by atoms with Crippen LogP contribution in [0.5, 0.6) is 0 Å². The highest BCUT2D eigenvalue weighted by Gasteiger charge is 2.28. The normalized spacial score (nSPS) is 12.8. The standard InChI is InChI=1S/C19H15ClN2O3S/c1-25-19(24)15-12-7-4-8-14(12)26-18(15)22-17(23)13-9-10-5-2-3-6-11(10)16(20)21-13/h2-3,5-6,9H,4,7-8H2,1H3,(H,22,23). The molecule has 26 heavy (non-hydrogen) atoms. The van der Waals surface area contributed by atoms with Crippen molar-refractivity contribution in [1.82, 2.24) is 4.98 Å². The zero-order valence-corrected chi connectivity index (χ0v) is 15.5. The number of aromatic nitrogens is 1. The smallest absolute Gasteiger partial charge is 0.341 e. The number of aryl methyl sites for hydroxylation is 1. The van der Waals surface area contributed by atoms with Gasteiger partial charge in [0.2, 0.25) is 0 Å². The molecule has 1 N–H and O–H groups in total. The zero-order chi connectivity index (χ0) is 18.3. The van der Waals surface area contributed by atoms with Crippen molar-refractivity contribution < 1.29 is 14.3 Å². The lowest BCUT2D eigenvalue weighted by atomic mass is 10.1. The molecule has 0 atom stereocenters. The van der Waals surface area contributed by atoms with Crippen molar-refractivity contribution in [3.63, 3.8) is 0 Å². The number of amides is 1. The molecule has 0 bridgehead atoms. The van der Waals surface area contributed by atoms with Gasteiger partial charge in [0.1, 0.15) is 15.8 Å². The monoisotopic (exact) mass is 386 g/mol. The summed E-state index contributed by atoms with van der Waals surface area (Å²) in [6.07, 6.45) is 2.76. The summed E-state index contributed by atoms with van der Waals surface area (Å²) in [5, 5.41) is 5.23. The molecule has 1 amide bonds. The van der Waals surface area contributed by atoms with Crippen molar-refractivity contribution in [1.29, 1.82) is 0 Å². The van der Waals surface area contributed by atoms with E-state index in [1.807, 2.05) is 24.3 Å². The van der Waals surface area contributed by atoms with Crippen LogP contribution in [0.3, 0.4) is 0 Å². The maximum Gasteiger partial charge on any atom is 0.341 e. The van der Waals surface area contributed by atoms with Crippen molar-refractivity contribution in [2.75, 3.05) is 12.4 Å². The number of thiophene rings is 1. The Morgan fingerprint density at radius 1 is 1.27 bits per heavy atom. The van der Waals surface area contributed by atoms with Crippen molar-refractivity contribution in [2.24, 2.45) is 0 Å². The number of rotatable bonds is 3. The number of nitrogens with one attached hydrogen (secondary N) is 1. The number of hydrogen-bond donors (Lipinski definition) is 1. The summed E-state index contributed by atoms with van der Waals surface area (Å²) in [6.45, 7) is 0. The number of fused-ring (bicyclic) bond motifs is 2. The van der Waals surface area contributed by atoms with Crippen LogP contribution < -0.4 is 5.32 Å². The van der Waals surface area contributed by atoms with Gasteiger partial charge < -0.3 is 10.1 Å². The van der Waals surface area contributed by atoms with Gasteiger partial charge in [-0.3, -0.25) is 4.79 Å². The molecule has 2 heterocycles. The van der Waals surface area contributed by atoms with E-state index in [0.29, 0.717) is 10.6 Å². The van der Waals surface area contributed by atoms with Gasteiger partial charge in [-0.05, 0) is 36.3 Å². The van der Waals surface area contributed by atoms with Crippen molar-refractivity contribution in [3.8, 4) is 0 Å². The third kappa shape index (κ3) is 2.85. The lowest BCUT2D eigenvalue weighted by molar-refractivity contribution is 0.0601. The number of pyridine rings is 1. The molecule has 0 unspecified atom stereocenters. The second-order valence-electron chi connectivity index (χ2n) is 6.03. The summed E-state index contributed by atoms with van der Waals surface area (Å²) in [4.78, 5) is 30.2. The third-order valence-corrected chi connectivity index (χ3v) is 5.96. The zero-order valence-electron chi connectivity index (χ0n) is 14.0. The van der Waals surface area contributed by atoms with E-state index in [1.54, 1.807) is 6.07 Å². The molecular weight excluding hydrogens is 372 g/mol. The molecule has 5 nitrogen and oxygen atoms in total. The van der Waals surface area contributed by atoms with E-state index in [4.69, 9.17) is 16.3 Å². The Balaban J connectivity index is 1.70. The van der Waals surface area contributed by atoms with Crippen molar-refractivity contribution in [3.05, 3.63) is 57.2 Å². The van der Waals surface area contributed by atoms with E-state index in [0.717, 1.165) is 40.5 Å². The molecule has 0 saturated heterocycles. The fourth-order valence-electron chi connectivity index (χ4n) is 3.25. The van der Waals surface area contributed by atoms with Crippen LogP contribution in [0.15, 0.2) is 30.3 Å². The van der Waals surface area contributed by atoms with E-state index in [9.17, 15) is 9.59 Å². The molecule has 1 aliphatic carbocycles. The Bertz CT molecular complexity index is 1040. The number of anilines is 1. The molecule has 0 radical (unpaired) electrons. The van der Waals surface area contributed by atoms with Gasteiger partial charge in [0.25, 0.3) is 5.91 Å². The quantitative estimate of drug-likeness (QED) is 0.532. The highest BCUT2D eigenvalue weighted by Crippen LogP contribution is 2.39. The summed E-state index contributed by atoms with van der Waals surface area (Å²) >= 11 is 7.64. The van der Waals surface area contributed by atoms with Crippen LogP contribution >= 0.6 is 22.9 Å². The van der Waals surface area contributed by atoms with Gasteiger partial charge in [-0.1, -0.05) is 35.9 Å². The Morgan fingerprint density at radius 3 is 2.88 bits per heavy atom. The summed E-state index contributed by atoms with van der Waals surface area (Å²) in [7, 11) is 1.34. The number of benzene rings is 1. The first-order valence-electron chi connectivity index (χ1n) is 8.18. The summed E-state index contributed by atoms with van der Waals surface area (Å²) in [6, 6.07) is 9.16. The molecule has 1 aliphatic rings. The van der Waals surface area contributed by atoms with Crippen LogP contribution in [-0.2, 0) is 17.6 Å². The first kappa shape index (κ1) is 17.0. The van der Waals surface area contributed by atoms with Gasteiger partial charge in [-0.25, -0.2) is 9.78 Å². The lowest BCUT2D eigenvalue weighted by Gasteiger charge is -2.08. The number of carbonyl (C=O) groups is 2. The predicted molar refractivity (Wildman–Crippen MR) is 102 cm³/mol. The first-order valence-corrected chi connectivity index (χ1v) is 9.37. The van der Waals surface area contributed by atoms with Crippen LogP contribution in [-0.4, -0.2) is 24.0 Å². The first-order chi connectivity index (χ1) is 12.6. The topological polar surface area (TPSA) is 68.3 Å². The van der Waals surface area contributed by atoms with E-state index >= 15 is 0 Å². The van der Waals surface area contributed by atoms with E-state index in [-0.39, 0.29) is 10.8 Å². The molecule has 132 valence electrons. The van der Waals surface area contributed by atoms with Crippen LogP contribution in [0.25, 0.3) is 10.8 Å². The third-order valence-electron chi connectivity index (χ3n) is 4.46. The van der Waals surface area contributed by atoms with Gasteiger partial charge >= 0.3 is 5.97 Å². The Hall–Kier alpha value is -2.44. The molecule has 7 heteroatoms. The highest BCUT2D eigenvalue weighted by molar-refractivity contribution is 7.17. The molecule has 1 aromatic carbocycles. The largest absolute Gasteiger partial charge is 0.465 e. The number of carbonyl (C=O) groups excluding carboxylic acids is 2. The lowest BCUT2D eigenvalue weighted by Crippen LogP contribution is -2.16. The van der Waals surface area contributed by atoms with Gasteiger partial charge in [0.05, 0.1) is 12.7 Å². The molecule has 2 aromatic heterocycles. The number of halogens is 1. The van der Waals surface area contributed by atoms with Crippen LogP contribution in [0.1, 0.15) is 37.7 Å². The maximum atomic E-state index is 12.7. The van der Waals surface area contributed by atoms with E-state index < -0.39 is 11.9 Å². The number of ether oxygens (including phenoxy) is 1. The number of methoxy groups -OCH3 is 1. The molecular formula is C19H15ClN2O3S. The SMILES string of the molecule is COC(=O)c1c(NC(=O)c2cc3ccccc3c(Cl)n2)sc2c1CCC2. The summed E-state index contributed by atoms with van der Waals surface area (Å²) in [5.41, 5.74) is 1.66. The second kappa shape index (κ2) is 6.70. The number of hydrogen-bond acceptors (Lipinski definition) is 5. The molecule has 0 aliphatic heterocycles. The Morgan fingerprint density at radius 2 is 2.08 bits per heavy atom. The minimum absolute atomic E-state index is 0.207. The molecule has 4 rings (SSSR count). The van der Waals surface area contributed by atoms with Gasteiger partial charge in [-0.15, -0.1) is 11.3 Å². The highest BCUT2D eigenvalue weighted by atomic mass is 35.5. The average molecular weight is 387 g/mol. The van der Waals surface area contributed by atoms with Gasteiger partial charge in [-0.2, -0.15) is 0 Å². The fourth-order valence-corrected chi connectivity index (χ4v) is 4.79. The van der Waals surface area contributed by atoms with E-state index in [2.05, 4.69) is 10.3 Å². The molecule has 0 saturated carbocycles. The maximum absolute atomic E-state index is 12.7. The summed E-state index contributed by atoms with van der Waals surface area (Å²) < 4.78 is 4.90. The molecule has 3 aromatic rings. The van der Waals surface area contributed by atoms with Crippen LogP contribution in [0.2, 0.25) is 5.15 Å². The van der Waals surface area contributed by atoms with Crippen molar-refractivity contribution in [2.45, 2.75) is 19.3 Å². The van der Waals surface area contributed by atoms with Crippen LogP contribution in [0, 0.1) is 0 Å². The minimum Gasteiger partial charge on any atom is -0.465 e. The Labute approximate surface area is 159 Å². The Kier molecular flexibility index (Phi) is 4.38. The van der Waals surface area contributed by atoms with Gasteiger partial charge in [0, 0.05) is 10.3 Å². The number of esters is 1. The molecule has 0 spiro atoms. The average Bonchev–Trinajstić information content (AvgIpc) is 3.21. The summed E-state index contributed by atoms with van der Waals surface area (Å²) in [5.74, 6) is -0.827. The van der Waals surface area contributed by atoms with Gasteiger partial charge in [0.15, 0.2) is 0 Å². The van der Waals surface area contributed by atoms with E-state index in [1.165, 1.54) is 18.4 Å². The number of nitrogens with zero attached hydrogens (tertiary/aromatic N) is 1. The second-order valence-corrected chi connectivity index (χ2v) is 7.49. The fraction of sp³-hybridized carbons (Fsp3) is 0.211.